The van der Waals surface area contributed by atoms with E-state index in [0.717, 1.165) is 17.7 Å². The highest BCUT2D eigenvalue weighted by Gasteiger charge is 2.04. The maximum Gasteiger partial charge on any atom is 0.126 e. The summed E-state index contributed by atoms with van der Waals surface area (Å²) in [5.74, 6) is 0.948. The second-order valence-electron chi connectivity index (χ2n) is 4.62. The lowest BCUT2D eigenvalue weighted by atomic mass is 10.1. The quantitative estimate of drug-likeness (QED) is 0.678. The summed E-state index contributed by atoms with van der Waals surface area (Å²) in [5.41, 5.74) is 2.31. The minimum Gasteiger partial charge on any atom is -0.490 e. The molecule has 0 heterocycles. The van der Waals surface area contributed by atoms with Crippen LogP contribution in [0.3, 0.4) is 0 Å². The molecule has 0 aliphatic carbocycles. The molecule has 1 atom stereocenters. The Kier molecular flexibility index (Phi) is 4.79. The zero-order chi connectivity index (χ0) is 13.5. The molecule has 2 aromatic rings. The Hall–Kier alpha value is -2.02. The standard InChI is InChI=1S/C18H20O/c1-3-15(2)19-18-12-8-7-11-17(18)14-13-16-9-5-4-6-10-16/h4-15H,3H2,1-2H3. The molecule has 0 amide bonds. The SMILES string of the molecule is CCC(C)Oc1ccccc1C=Cc1ccccc1. The van der Waals surface area contributed by atoms with Gasteiger partial charge in [0.05, 0.1) is 6.10 Å². The number of para-hydroxylation sites is 1. The smallest absolute Gasteiger partial charge is 0.126 e. The summed E-state index contributed by atoms with van der Waals surface area (Å²) in [4.78, 5) is 0. The highest BCUT2D eigenvalue weighted by atomic mass is 16.5. The maximum atomic E-state index is 5.93. The van der Waals surface area contributed by atoms with Crippen molar-refractivity contribution < 1.29 is 4.74 Å². The summed E-state index contributed by atoms with van der Waals surface area (Å²) in [6, 6.07) is 18.4. The first kappa shape index (κ1) is 13.4. The van der Waals surface area contributed by atoms with Crippen molar-refractivity contribution in [3.63, 3.8) is 0 Å². The highest BCUT2D eigenvalue weighted by molar-refractivity contribution is 5.72. The van der Waals surface area contributed by atoms with Gasteiger partial charge in [-0.05, 0) is 25.0 Å². The first-order valence-electron chi connectivity index (χ1n) is 6.78. The zero-order valence-corrected chi connectivity index (χ0v) is 11.5. The van der Waals surface area contributed by atoms with E-state index in [4.69, 9.17) is 4.74 Å². The van der Waals surface area contributed by atoms with Crippen molar-refractivity contribution in [3.8, 4) is 5.75 Å². The fraction of sp³-hybridized carbons (Fsp3) is 0.222. The minimum absolute atomic E-state index is 0.242. The summed E-state index contributed by atoms with van der Waals surface area (Å²) < 4.78 is 5.93. The predicted molar refractivity (Wildman–Crippen MR) is 82.2 cm³/mol. The van der Waals surface area contributed by atoms with E-state index in [0.29, 0.717) is 0 Å². The molecule has 0 saturated heterocycles. The molecule has 0 N–H and O–H groups in total. The summed E-state index contributed by atoms with van der Waals surface area (Å²) in [7, 11) is 0. The molecule has 98 valence electrons. The van der Waals surface area contributed by atoms with Gasteiger partial charge >= 0.3 is 0 Å². The molecule has 0 fully saturated rings. The largest absolute Gasteiger partial charge is 0.490 e. The monoisotopic (exact) mass is 252 g/mol. The molecule has 0 radical (unpaired) electrons. The van der Waals surface area contributed by atoms with Crippen molar-refractivity contribution >= 4 is 12.2 Å². The fourth-order valence-corrected chi connectivity index (χ4v) is 1.78. The van der Waals surface area contributed by atoms with Crippen LogP contribution in [0.4, 0.5) is 0 Å². The molecule has 0 aromatic heterocycles. The van der Waals surface area contributed by atoms with E-state index in [2.05, 4.69) is 44.2 Å². The predicted octanol–water partition coefficient (Wildman–Crippen LogP) is 5.03. The van der Waals surface area contributed by atoms with Crippen molar-refractivity contribution in [3.05, 3.63) is 65.7 Å². The van der Waals surface area contributed by atoms with Crippen molar-refractivity contribution in [1.82, 2.24) is 0 Å². The van der Waals surface area contributed by atoms with Crippen LogP contribution in [0.2, 0.25) is 0 Å². The zero-order valence-electron chi connectivity index (χ0n) is 11.5. The van der Waals surface area contributed by atoms with Gasteiger partial charge in [-0.2, -0.15) is 0 Å². The van der Waals surface area contributed by atoms with Crippen molar-refractivity contribution in [2.75, 3.05) is 0 Å². The summed E-state index contributed by atoms with van der Waals surface area (Å²) >= 11 is 0. The first-order chi connectivity index (χ1) is 9.29. The number of ether oxygens (including phenoxy) is 1. The van der Waals surface area contributed by atoms with Crippen molar-refractivity contribution in [2.24, 2.45) is 0 Å². The Labute approximate surface area is 115 Å². The van der Waals surface area contributed by atoms with Crippen LogP contribution in [-0.4, -0.2) is 6.10 Å². The van der Waals surface area contributed by atoms with Crippen LogP contribution in [0, 0.1) is 0 Å². The topological polar surface area (TPSA) is 9.23 Å². The van der Waals surface area contributed by atoms with Gasteiger partial charge in [0.15, 0.2) is 0 Å². The lowest BCUT2D eigenvalue weighted by Gasteiger charge is -2.14. The van der Waals surface area contributed by atoms with E-state index in [-0.39, 0.29) is 6.10 Å². The second-order valence-corrected chi connectivity index (χ2v) is 4.62. The van der Waals surface area contributed by atoms with Crippen molar-refractivity contribution in [2.45, 2.75) is 26.4 Å². The summed E-state index contributed by atoms with van der Waals surface area (Å²) in [6.07, 6.45) is 5.47. The van der Waals surface area contributed by atoms with E-state index >= 15 is 0 Å². The first-order valence-corrected chi connectivity index (χ1v) is 6.78. The van der Waals surface area contributed by atoms with E-state index < -0.39 is 0 Å². The van der Waals surface area contributed by atoms with E-state index in [1.807, 2.05) is 36.4 Å². The maximum absolute atomic E-state index is 5.93. The fourth-order valence-electron chi connectivity index (χ4n) is 1.78. The Morgan fingerprint density at radius 3 is 2.37 bits per heavy atom. The van der Waals surface area contributed by atoms with Gasteiger partial charge in [0.1, 0.15) is 5.75 Å². The molecule has 1 nitrogen and oxygen atoms in total. The normalized spacial score (nSPS) is 12.5. The van der Waals surface area contributed by atoms with Crippen LogP contribution < -0.4 is 4.74 Å². The Morgan fingerprint density at radius 1 is 0.947 bits per heavy atom. The van der Waals surface area contributed by atoms with Crippen LogP contribution in [0.5, 0.6) is 5.75 Å². The summed E-state index contributed by atoms with van der Waals surface area (Å²) in [5, 5.41) is 0. The average molecular weight is 252 g/mol. The van der Waals surface area contributed by atoms with Gasteiger partial charge < -0.3 is 4.74 Å². The lowest BCUT2D eigenvalue weighted by molar-refractivity contribution is 0.217. The van der Waals surface area contributed by atoms with Crippen molar-refractivity contribution in [1.29, 1.82) is 0 Å². The average Bonchev–Trinajstić information content (AvgIpc) is 2.47. The Morgan fingerprint density at radius 2 is 1.63 bits per heavy atom. The molecule has 1 unspecified atom stereocenters. The van der Waals surface area contributed by atoms with Crippen LogP contribution in [0.15, 0.2) is 54.6 Å². The van der Waals surface area contributed by atoms with Gasteiger partial charge in [0, 0.05) is 5.56 Å². The Bertz CT molecular complexity index is 528. The van der Waals surface area contributed by atoms with Gasteiger partial charge in [-0.3, -0.25) is 0 Å². The van der Waals surface area contributed by atoms with Gasteiger partial charge in [0.2, 0.25) is 0 Å². The van der Waals surface area contributed by atoms with Crippen LogP contribution in [-0.2, 0) is 0 Å². The van der Waals surface area contributed by atoms with Crippen LogP contribution >= 0.6 is 0 Å². The molecular formula is C18H20O. The minimum atomic E-state index is 0.242. The summed E-state index contributed by atoms with van der Waals surface area (Å²) in [6.45, 7) is 4.23. The molecular weight excluding hydrogens is 232 g/mol. The number of rotatable bonds is 5. The molecule has 0 bridgehead atoms. The third-order valence-electron chi connectivity index (χ3n) is 3.08. The van der Waals surface area contributed by atoms with E-state index in [1.54, 1.807) is 0 Å². The number of benzene rings is 2. The molecule has 0 aliphatic rings. The third kappa shape index (κ3) is 3.99. The second kappa shape index (κ2) is 6.79. The number of hydrogen-bond acceptors (Lipinski definition) is 1. The molecule has 2 rings (SSSR count). The number of hydrogen-bond donors (Lipinski definition) is 0. The van der Waals surface area contributed by atoms with Gasteiger partial charge in [-0.1, -0.05) is 67.6 Å². The molecule has 19 heavy (non-hydrogen) atoms. The van der Waals surface area contributed by atoms with Crippen LogP contribution in [0.1, 0.15) is 31.4 Å². The molecule has 0 aliphatic heterocycles. The van der Waals surface area contributed by atoms with Gasteiger partial charge in [0.25, 0.3) is 0 Å². The van der Waals surface area contributed by atoms with E-state index in [9.17, 15) is 0 Å². The van der Waals surface area contributed by atoms with E-state index in [1.165, 1.54) is 5.56 Å². The third-order valence-corrected chi connectivity index (χ3v) is 3.08. The molecule has 0 spiro atoms. The van der Waals surface area contributed by atoms with Gasteiger partial charge in [-0.25, -0.2) is 0 Å². The lowest BCUT2D eigenvalue weighted by Crippen LogP contribution is -2.10. The Balaban J connectivity index is 2.18. The van der Waals surface area contributed by atoms with Gasteiger partial charge in [-0.15, -0.1) is 0 Å². The highest BCUT2D eigenvalue weighted by Crippen LogP contribution is 2.22. The molecule has 0 saturated carbocycles. The molecule has 2 aromatic carbocycles. The molecule has 1 heteroatoms. The van der Waals surface area contributed by atoms with Crippen LogP contribution in [0.25, 0.3) is 12.2 Å².